The number of nitrogens with two attached hydrogens (primary N) is 1. The van der Waals surface area contributed by atoms with Crippen molar-refractivity contribution in [3.63, 3.8) is 0 Å². The topological polar surface area (TPSA) is 110 Å². The molecule has 0 unspecified atom stereocenters. The smallest absolute Gasteiger partial charge is 0.261 e. The highest BCUT2D eigenvalue weighted by Gasteiger charge is 2.35. The number of carbonyl (C=O) groups is 4. The lowest BCUT2D eigenvalue weighted by atomic mass is 9.88. The summed E-state index contributed by atoms with van der Waals surface area (Å²) in [6.45, 7) is 2.14. The molecule has 1 aromatic heterocycles. The molecule has 0 saturated heterocycles. The molecule has 0 fully saturated rings. The van der Waals surface area contributed by atoms with Crippen molar-refractivity contribution in [3.05, 3.63) is 51.4 Å². The van der Waals surface area contributed by atoms with Crippen molar-refractivity contribution < 1.29 is 19.2 Å². The van der Waals surface area contributed by atoms with Crippen LogP contribution in [0, 0.1) is 5.92 Å². The third kappa shape index (κ3) is 3.44. The van der Waals surface area contributed by atoms with Crippen molar-refractivity contribution in [2.45, 2.75) is 32.6 Å². The first-order chi connectivity index (χ1) is 13.9. The molecule has 0 spiro atoms. The lowest BCUT2D eigenvalue weighted by Crippen LogP contribution is -2.33. The number of carbonyl (C=O) groups excluding carboxylic acids is 4. The zero-order chi connectivity index (χ0) is 20.7. The molecule has 2 aliphatic rings. The average Bonchev–Trinajstić information content (AvgIpc) is 3.15. The third-order valence-electron chi connectivity index (χ3n) is 5.45. The van der Waals surface area contributed by atoms with E-state index in [1.54, 1.807) is 24.3 Å². The van der Waals surface area contributed by atoms with Crippen molar-refractivity contribution in [1.82, 2.24) is 4.90 Å². The van der Waals surface area contributed by atoms with Crippen molar-refractivity contribution in [3.8, 4) is 0 Å². The Bertz CT molecular complexity index is 1010. The normalized spacial score (nSPS) is 17.8. The SMILES string of the molecule is C[C@@H]1CCc2c(sc(NC(=O)CCN3C(=O)c4ccccc4C3=O)c2C(N)=O)C1. The highest BCUT2D eigenvalue weighted by molar-refractivity contribution is 7.17. The number of hydrogen-bond donors (Lipinski definition) is 2. The minimum absolute atomic E-state index is 0.0216. The highest BCUT2D eigenvalue weighted by atomic mass is 32.1. The average molecular weight is 411 g/mol. The Balaban J connectivity index is 1.46. The molecule has 150 valence electrons. The number of rotatable bonds is 5. The van der Waals surface area contributed by atoms with Crippen molar-refractivity contribution in [2.24, 2.45) is 11.7 Å². The van der Waals surface area contributed by atoms with E-state index in [4.69, 9.17) is 5.73 Å². The van der Waals surface area contributed by atoms with Gasteiger partial charge in [-0.25, -0.2) is 0 Å². The maximum atomic E-state index is 12.5. The quantitative estimate of drug-likeness (QED) is 0.737. The maximum Gasteiger partial charge on any atom is 0.261 e. The molecule has 0 bridgehead atoms. The summed E-state index contributed by atoms with van der Waals surface area (Å²) in [6, 6.07) is 6.61. The summed E-state index contributed by atoms with van der Waals surface area (Å²) in [6.07, 6.45) is 2.57. The van der Waals surface area contributed by atoms with Gasteiger partial charge in [-0.15, -0.1) is 11.3 Å². The molecule has 0 radical (unpaired) electrons. The number of anilines is 1. The van der Waals surface area contributed by atoms with Gasteiger partial charge in [-0.05, 0) is 42.9 Å². The summed E-state index contributed by atoms with van der Waals surface area (Å²) in [5, 5.41) is 3.23. The van der Waals surface area contributed by atoms with Crippen LogP contribution in [0.3, 0.4) is 0 Å². The largest absolute Gasteiger partial charge is 0.365 e. The van der Waals surface area contributed by atoms with Gasteiger partial charge >= 0.3 is 0 Å². The lowest BCUT2D eigenvalue weighted by molar-refractivity contribution is -0.116. The zero-order valence-electron chi connectivity index (χ0n) is 16.0. The molecule has 8 heteroatoms. The van der Waals surface area contributed by atoms with E-state index in [0.717, 1.165) is 34.6 Å². The Morgan fingerprint density at radius 2 is 1.86 bits per heavy atom. The van der Waals surface area contributed by atoms with Gasteiger partial charge in [0.05, 0.1) is 16.7 Å². The zero-order valence-corrected chi connectivity index (χ0v) is 16.8. The second-order valence-electron chi connectivity index (χ2n) is 7.53. The minimum Gasteiger partial charge on any atom is -0.365 e. The van der Waals surface area contributed by atoms with Gasteiger partial charge in [0.1, 0.15) is 5.00 Å². The first-order valence-electron chi connectivity index (χ1n) is 9.56. The van der Waals surface area contributed by atoms with E-state index in [1.165, 1.54) is 11.3 Å². The number of primary amides is 1. The van der Waals surface area contributed by atoms with Crippen LogP contribution in [0.4, 0.5) is 5.00 Å². The molecule has 1 aromatic carbocycles. The van der Waals surface area contributed by atoms with Gasteiger partial charge in [0.15, 0.2) is 0 Å². The Morgan fingerprint density at radius 1 is 1.21 bits per heavy atom. The van der Waals surface area contributed by atoms with Crippen molar-refractivity contribution in [2.75, 3.05) is 11.9 Å². The molecular weight excluding hydrogens is 390 g/mol. The van der Waals surface area contributed by atoms with E-state index in [1.807, 2.05) is 0 Å². The number of hydrogen-bond acceptors (Lipinski definition) is 5. The lowest BCUT2D eigenvalue weighted by Gasteiger charge is -2.18. The van der Waals surface area contributed by atoms with Gasteiger partial charge in [0.25, 0.3) is 17.7 Å². The van der Waals surface area contributed by atoms with Gasteiger partial charge in [-0.1, -0.05) is 19.1 Å². The van der Waals surface area contributed by atoms with Crippen LogP contribution in [0.5, 0.6) is 0 Å². The number of thiophene rings is 1. The van der Waals surface area contributed by atoms with Crippen LogP contribution in [-0.2, 0) is 17.6 Å². The summed E-state index contributed by atoms with van der Waals surface area (Å²) in [5.41, 5.74) is 7.62. The van der Waals surface area contributed by atoms with Crippen LogP contribution in [0.25, 0.3) is 0 Å². The van der Waals surface area contributed by atoms with Crippen LogP contribution in [-0.4, -0.2) is 35.1 Å². The molecule has 1 aliphatic heterocycles. The molecule has 1 atom stereocenters. The number of fused-ring (bicyclic) bond motifs is 2. The van der Waals surface area contributed by atoms with E-state index >= 15 is 0 Å². The Morgan fingerprint density at radius 3 is 2.48 bits per heavy atom. The molecule has 29 heavy (non-hydrogen) atoms. The molecular formula is C21H21N3O4S. The predicted octanol–water partition coefficient (Wildman–Crippen LogP) is 2.60. The molecule has 4 amide bonds. The Labute approximate surface area is 171 Å². The van der Waals surface area contributed by atoms with Crippen LogP contribution >= 0.6 is 11.3 Å². The number of nitrogens with zero attached hydrogens (tertiary/aromatic N) is 1. The van der Waals surface area contributed by atoms with Crippen LogP contribution in [0.2, 0.25) is 0 Å². The fourth-order valence-corrected chi connectivity index (χ4v) is 5.38. The maximum absolute atomic E-state index is 12.5. The first kappa shape index (κ1) is 19.3. The summed E-state index contributed by atoms with van der Waals surface area (Å²) >= 11 is 1.39. The van der Waals surface area contributed by atoms with Crippen molar-refractivity contribution >= 4 is 40.0 Å². The van der Waals surface area contributed by atoms with Crippen LogP contribution in [0.1, 0.15) is 61.3 Å². The summed E-state index contributed by atoms with van der Waals surface area (Å²) in [4.78, 5) is 51.5. The molecule has 2 heterocycles. The van der Waals surface area contributed by atoms with E-state index in [-0.39, 0.29) is 18.9 Å². The summed E-state index contributed by atoms with van der Waals surface area (Å²) in [5.74, 6) is -1.17. The molecule has 1 aliphatic carbocycles. The van der Waals surface area contributed by atoms with Gasteiger partial charge < -0.3 is 11.1 Å². The minimum atomic E-state index is -0.548. The number of imide groups is 1. The van der Waals surface area contributed by atoms with Gasteiger partial charge in [0.2, 0.25) is 5.91 Å². The Kier molecular flexibility index (Phi) is 4.96. The number of amides is 4. The van der Waals surface area contributed by atoms with Gasteiger partial charge in [-0.2, -0.15) is 0 Å². The Hall–Kier alpha value is -3.00. The summed E-state index contributed by atoms with van der Waals surface area (Å²) < 4.78 is 0. The van der Waals surface area contributed by atoms with E-state index in [0.29, 0.717) is 27.6 Å². The van der Waals surface area contributed by atoms with E-state index < -0.39 is 17.7 Å². The van der Waals surface area contributed by atoms with Gasteiger partial charge in [-0.3, -0.25) is 24.1 Å². The summed E-state index contributed by atoms with van der Waals surface area (Å²) in [7, 11) is 0. The molecule has 7 nitrogen and oxygen atoms in total. The third-order valence-corrected chi connectivity index (χ3v) is 6.62. The predicted molar refractivity (Wildman–Crippen MR) is 109 cm³/mol. The molecule has 4 rings (SSSR count). The second kappa shape index (κ2) is 7.44. The molecule has 0 saturated carbocycles. The van der Waals surface area contributed by atoms with E-state index in [9.17, 15) is 19.2 Å². The second-order valence-corrected chi connectivity index (χ2v) is 8.63. The van der Waals surface area contributed by atoms with Crippen molar-refractivity contribution in [1.29, 1.82) is 0 Å². The van der Waals surface area contributed by atoms with Crippen LogP contribution in [0.15, 0.2) is 24.3 Å². The highest BCUT2D eigenvalue weighted by Crippen LogP contribution is 2.39. The van der Waals surface area contributed by atoms with Crippen LogP contribution < -0.4 is 11.1 Å². The fourth-order valence-electron chi connectivity index (χ4n) is 3.94. The monoisotopic (exact) mass is 411 g/mol. The van der Waals surface area contributed by atoms with E-state index in [2.05, 4.69) is 12.2 Å². The molecule has 3 N–H and O–H groups in total. The van der Waals surface area contributed by atoms with Gasteiger partial charge in [0, 0.05) is 17.8 Å². The molecule has 2 aromatic rings. The number of nitrogens with one attached hydrogen (secondary N) is 1. The number of benzene rings is 1. The fraction of sp³-hybridized carbons (Fsp3) is 0.333. The first-order valence-corrected chi connectivity index (χ1v) is 10.4. The standard InChI is InChI=1S/C21H21N3O4S/c1-11-6-7-14-15(10-11)29-19(17(14)18(22)26)23-16(25)8-9-24-20(27)12-4-2-3-5-13(12)21(24)28/h2-5,11H,6-10H2,1H3,(H2,22,26)(H,23,25)/t11-/m1/s1.